The first-order chi connectivity index (χ1) is 11.0. The molecule has 0 aliphatic carbocycles. The normalized spacial score (nSPS) is 10.3. The van der Waals surface area contributed by atoms with Crippen LogP contribution in [0.25, 0.3) is 10.9 Å². The Kier molecular flexibility index (Phi) is 5.74. The molecule has 4 nitrogen and oxygen atoms in total. The van der Waals surface area contributed by atoms with Gasteiger partial charge in [0.2, 0.25) is 5.95 Å². The number of rotatable bonds is 6. The Labute approximate surface area is 138 Å². The first-order valence-corrected chi connectivity index (χ1v) is 7.98. The van der Waals surface area contributed by atoms with Crippen LogP contribution in [0, 0.1) is 6.92 Å². The molecule has 0 aliphatic heterocycles. The highest BCUT2D eigenvalue weighted by Gasteiger charge is 2.07. The number of fused-ring (bicyclic) bond motifs is 1. The largest absolute Gasteiger partial charge is 0.366 e. The van der Waals surface area contributed by atoms with Crippen LogP contribution in [0.1, 0.15) is 33.3 Å². The molecule has 0 atom stereocenters. The van der Waals surface area contributed by atoms with Crippen LogP contribution in [0.15, 0.2) is 41.5 Å². The second kappa shape index (κ2) is 7.77. The van der Waals surface area contributed by atoms with E-state index in [-0.39, 0.29) is 0 Å². The first-order valence-electron chi connectivity index (χ1n) is 7.98. The van der Waals surface area contributed by atoms with Crippen molar-refractivity contribution in [1.82, 2.24) is 9.97 Å². The van der Waals surface area contributed by atoms with Gasteiger partial charge in [-0.1, -0.05) is 34.9 Å². The molecule has 2 N–H and O–H groups in total. The van der Waals surface area contributed by atoms with Crippen molar-refractivity contribution in [1.29, 1.82) is 0 Å². The lowest BCUT2D eigenvalue weighted by Gasteiger charge is -2.11. The molecule has 1 aromatic heterocycles. The van der Waals surface area contributed by atoms with Crippen molar-refractivity contribution >= 4 is 22.7 Å². The SMILES string of the molecule is CC(C)=CCNc1nc(NCC=C(C)C)c2cc(C)ccc2n1. The summed E-state index contributed by atoms with van der Waals surface area (Å²) >= 11 is 0. The van der Waals surface area contributed by atoms with E-state index in [9.17, 15) is 0 Å². The fourth-order valence-electron chi connectivity index (χ4n) is 2.15. The van der Waals surface area contributed by atoms with Crippen LogP contribution in [0.2, 0.25) is 0 Å². The van der Waals surface area contributed by atoms with E-state index in [1.807, 2.05) is 6.07 Å². The maximum Gasteiger partial charge on any atom is 0.225 e. The molecule has 0 spiro atoms. The monoisotopic (exact) mass is 310 g/mol. The maximum absolute atomic E-state index is 4.64. The maximum atomic E-state index is 4.64. The summed E-state index contributed by atoms with van der Waals surface area (Å²) in [4.78, 5) is 9.25. The Balaban J connectivity index is 2.33. The van der Waals surface area contributed by atoms with Crippen LogP contribution in [-0.2, 0) is 0 Å². The van der Waals surface area contributed by atoms with Gasteiger partial charge in [0.05, 0.1) is 5.52 Å². The third kappa shape index (κ3) is 5.09. The van der Waals surface area contributed by atoms with E-state index < -0.39 is 0 Å². The Bertz CT molecular complexity index is 736. The number of hydrogen-bond acceptors (Lipinski definition) is 4. The van der Waals surface area contributed by atoms with E-state index in [4.69, 9.17) is 0 Å². The molecule has 122 valence electrons. The van der Waals surface area contributed by atoms with E-state index in [2.05, 4.69) is 79.5 Å². The van der Waals surface area contributed by atoms with Gasteiger partial charge in [-0.05, 0) is 46.8 Å². The molecule has 0 amide bonds. The highest BCUT2D eigenvalue weighted by molar-refractivity contribution is 5.90. The topological polar surface area (TPSA) is 49.8 Å². The van der Waals surface area contributed by atoms with Crippen LogP contribution in [0.3, 0.4) is 0 Å². The van der Waals surface area contributed by atoms with Crippen LogP contribution in [-0.4, -0.2) is 23.1 Å². The molecule has 1 heterocycles. The molecular formula is C19H26N4. The molecule has 0 unspecified atom stereocenters. The van der Waals surface area contributed by atoms with Crippen LogP contribution >= 0.6 is 0 Å². The quantitative estimate of drug-likeness (QED) is 0.760. The van der Waals surface area contributed by atoms with E-state index in [0.717, 1.165) is 29.8 Å². The minimum absolute atomic E-state index is 0.651. The van der Waals surface area contributed by atoms with E-state index in [0.29, 0.717) is 5.95 Å². The summed E-state index contributed by atoms with van der Waals surface area (Å²) in [6.45, 7) is 11.9. The summed E-state index contributed by atoms with van der Waals surface area (Å²) in [6, 6.07) is 6.25. The van der Waals surface area contributed by atoms with Crippen LogP contribution < -0.4 is 10.6 Å². The lowest BCUT2D eigenvalue weighted by Crippen LogP contribution is -2.08. The van der Waals surface area contributed by atoms with Gasteiger partial charge in [-0.2, -0.15) is 4.98 Å². The average molecular weight is 310 g/mol. The molecule has 0 radical (unpaired) electrons. The highest BCUT2D eigenvalue weighted by atomic mass is 15.1. The minimum Gasteiger partial charge on any atom is -0.366 e. The fraction of sp³-hybridized carbons (Fsp3) is 0.368. The number of aryl methyl sites for hydroxylation is 1. The van der Waals surface area contributed by atoms with Gasteiger partial charge in [0.15, 0.2) is 0 Å². The third-order valence-corrected chi connectivity index (χ3v) is 3.40. The van der Waals surface area contributed by atoms with Crippen molar-refractivity contribution in [3.63, 3.8) is 0 Å². The molecule has 1 aromatic carbocycles. The molecule has 0 saturated heterocycles. The number of benzene rings is 1. The van der Waals surface area contributed by atoms with Crippen molar-refractivity contribution in [2.24, 2.45) is 0 Å². The smallest absolute Gasteiger partial charge is 0.225 e. The van der Waals surface area contributed by atoms with E-state index in [1.165, 1.54) is 16.7 Å². The summed E-state index contributed by atoms with van der Waals surface area (Å²) in [5.74, 6) is 1.52. The van der Waals surface area contributed by atoms with Crippen molar-refractivity contribution in [2.75, 3.05) is 23.7 Å². The Morgan fingerprint density at radius 1 is 0.957 bits per heavy atom. The number of hydrogen-bond donors (Lipinski definition) is 2. The molecular weight excluding hydrogens is 284 g/mol. The van der Waals surface area contributed by atoms with Gasteiger partial charge in [0.1, 0.15) is 5.82 Å². The van der Waals surface area contributed by atoms with E-state index in [1.54, 1.807) is 0 Å². The number of aromatic nitrogens is 2. The van der Waals surface area contributed by atoms with Crippen LogP contribution in [0.4, 0.5) is 11.8 Å². The number of nitrogens with zero attached hydrogens (tertiary/aromatic N) is 2. The van der Waals surface area contributed by atoms with E-state index >= 15 is 0 Å². The Morgan fingerprint density at radius 3 is 2.26 bits per heavy atom. The highest BCUT2D eigenvalue weighted by Crippen LogP contribution is 2.23. The first kappa shape index (κ1) is 17.0. The van der Waals surface area contributed by atoms with Crippen molar-refractivity contribution in [3.8, 4) is 0 Å². The Morgan fingerprint density at radius 2 is 1.61 bits per heavy atom. The molecule has 23 heavy (non-hydrogen) atoms. The second-order valence-corrected chi connectivity index (χ2v) is 6.24. The van der Waals surface area contributed by atoms with Gasteiger partial charge in [-0.25, -0.2) is 4.98 Å². The predicted molar refractivity (Wildman–Crippen MR) is 100 cm³/mol. The molecule has 0 bridgehead atoms. The van der Waals surface area contributed by atoms with Crippen LogP contribution in [0.5, 0.6) is 0 Å². The molecule has 0 fully saturated rings. The number of nitrogens with one attached hydrogen (secondary N) is 2. The average Bonchev–Trinajstić information content (AvgIpc) is 2.47. The predicted octanol–water partition coefficient (Wildman–Crippen LogP) is 4.69. The zero-order valence-corrected chi connectivity index (χ0v) is 14.7. The van der Waals surface area contributed by atoms with Crippen molar-refractivity contribution in [2.45, 2.75) is 34.6 Å². The molecule has 0 saturated carbocycles. The molecule has 0 aliphatic rings. The molecule has 4 heteroatoms. The Hall–Kier alpha value is -2.36. The zero-order valence-electron chi connectivity index (χ0n) is 14.7. The lowest BCUT2D eigenvalue weighted by molar-refractivity contribution is 1.12. The summed E-state index contributed by atoms with van der Waals surface area (Å²) in [5, 5.41) is 7.73. The second-order valence-electron chi connectivity index (χ2n) is 6.24. The zero-order chi connectivity index (χ0) is 16.8. The van der Waals surface area contributed by atoms with Gasteiger partial charge >= 0.3 is 0 Å². The third-order valence-electron chi connectivity index (χ3n) is 3.40. The van der Waals surface area contributed by atoms with Crippen molar-refractivity contribution in [3.05, 3.63) is 47.1 Å². The number of allylic oxidation sites excluding steroid dienone is 2. The molecule has 2 rings (SSSR count). The summed E-state index contributed by atoms with van der Waals surface area (Å²) in [7, 11) is 0. The standard InChI is InChI=1S/C19H26N4/c1-13(2)8-10-20-18-16-12-15(5)6-7-17(16)22-19(23-18)21-11-9-14(3)4/h6-9,12H,10-11H2,1-5H3,(H2,20,21,22,23). The summed E-state index contributed by atoms with van der Waals surface area (Å²) in [6.07, 6.45) is 4.28. The summed E-state index contributed by atoms with van der Waals surface area (Å²) < 4.78 is 0. The lowest BCUT2D eigenvalue weighted by atomic mass is 10.1. The van der Waals surface area contributed by atoms with Gasteiger partial charge in [-0.15, -0.1) is 0 Å². The molecule has 2 aromatic rings. The van der Waals surface area contributed by atoms with Gasteiger partial charge in [-0.3, -0.25) is 0 Å². The van der Waals surface area contributed by atoms with Gasteiger partial charge in [0.25, 0.3) is 0 Å². The summed E-state index contributed by atoms with van der Waals surface area (Å²) in [5.41, 5.74) is 4.71. The van der Waals surface area contributed by atoms with Gasteiger partial charge in [0, 0.05) is 18.5 Å². The van der Waals surface area contributed by atoms with Gasteiger partial charge < -0.3 is 10.6 Å². The fourth-order valence-corrected chi connectivity index (χ4v) is 2.15. The van der Waals surface area contributed by atoms with Crippen molar-refractivity contribution < 1.29 is 0 Å². The minimum atomic E-state index is 0.651. The number of anilines is 2.